The molecular weight excluding hydrogens is 334 g/mol. The molecule has 0 saturated heterocycles. The largest absolute Gasteiger partial charge is 0.493 e. The fourth-order valence-corrected chi connectivity index (χ4v) is 3.12. The molecule has 148 valence electrons. The Labute approximate surface area is 165 Å². The fraction of sp³-hybridized carbons (Fsp3) is 0.500. The van der Waals surface area contributed by atoms with E-state index >= 15 is 0 Å². The van der Waals surface area contributed by atoms with Crippen molar-refractivity contribution in [1.29, 1.82) is 0 Å². The minimum Gasteiger partial charge on any atom is -0.493 e. The molecule has 0 heterocycles. The molecule has 3 heteroatoms. The van der Waals surface area contributed by atoms with Gasteiger partial charge in [0.2, 0.25) is 0 Å². The van der Waals surface area contributed by atoms with E-state index in [9.17, 15) is 0 Å². The maximum atomic E-state index is 5.93. The summed E-state index contributed by atoms with van der Waals surface area (Å²) in [5.74, 6) is 1.67. The highest BCUT2D eigenvalue weighted by Gasteiger charge is 2.06. The van der Waals surface area contributed by atoms with E-state index in [0.29, 0.717) is 0 Å². The minimum absolute atomic E-state index is 0.761. The normalized spacial score (nSPS) is 10.7. The van der Waals surface area contributed by atoms with E-state index in [4.69, 9.17) is 9.47 Å². The summed E-state index contributed by atoms with van der Waals surface area (Å²) in [7, 11) is 1.71. The van der Waals surface area contributed by atoms with Crippen molar-refractivity contribution in [3.8, 4) is 11.5 Å². The molecule has 0 aliphatic heterocycles. The van der Waals surface area contributed by atoms with Gasteiger partial charge in [0.25, 0.3) is 0 Å². The summed E-state index contributed by atoms with van der Waals surface area (Å²) in [5, 5.41) is 3.50. The van der Waals surface area contributed by atoms with Crippen LogP contribution in [0.5, 0.6) is 11.5 Å². The Balaban J connectivity index is 1.69. The maximum Gasteiger partial charge on any atom is 0.161 e. The highest BCUT2D eigenvalue weighted by molar-refractivity contribution is 5.42. The molecule has 0 unspecified atom stereocenters. The Bertz CT molecular complexity index is 628. The molecule has 0 bridgehead atoms. The van der Waals surface area contributed by atoms with E-state index in [1.54, 1.807) is 7.11 Å². The fourth-order valence-electron chi connectivity index (χ4n) is 3.12. The zero-order chi connectivity index (χ0) is 19.2. The van der Waals surface area contributed by atoms with Crippen LogP contribution in [0.1, 0.15) is 56.6 Å². The molecule has 0 radical (unpaired) electrons. The average Bonchev–Trinajstić information content (AvgIpc) is 2.72. The third-order valence-corrected chi connectivity index (χ3v) is 4.75. The van der Waals surface area contributed by atoms with Crippen LogP contribution in [0.15, 0.2) is 48.5 Å². The van der Waals surface area contributed by atoms with Crippen LogP contribution in [0.25, 0.3) is 0 Å². The highest BCUT2D eigenvalue weighted by atomic mass is 16.5. The van der Waals surface area contributed by atoms with Crippen LogP contribution >= 0.6 is 0 Å². The van der Waals surface area contributed by atoms with Gasteiger partial charge in [0, 0.05) is 6.54 Å². The summed E-state index contributed by atoms with van der Waals surface area (Å²) in [6.07, 6.45) is 8.67. The first-order chi connectivity index (χ1) is 13.3. The molecule has 2 aromatic carbocycles. The van der Waals surface area contributed by atoms with Gasteiger partial charge in [-0.3, -0.25) is 0 Å². The summed E-state index contributed by atoms with van der Waals surface area (Å²) in [6, 6.07) is 16.8. The zero-order valence-corrected chi connectivity index (χ0v) is 17.0. The highest BCUT2D eigenvalue weighted by Crippen LogP contribution is 2.28. The molecule has 0 saturated carbocycles. The van der Waals surface area contributed by atoms with Crippen LogP contribution in [-0.4, -0.2) is 20.3 Å². The number of hydrogen-bond donors (Lipinski definition) is 1. The zero-order valence-electron chi connectivity index (χ0n) is 17.0. The number of unbranched alkanes of at least 4 members (excludes halogenated alkanes) is 5. The van der Waals surface area contributed by atoms with Crippen LogP contribution < -0.4 is 14.8 Å². The van der Waals surface area contributed by atoms with Crippen molar-refractivity contribution in [3.63, 3.8) is 0 Å². The van der Waals surface area contributed by atoms with Gasteiger partial charge in [0.1, 0.15) is 0 Å². The lowest BCUT2D eigenvalue weighted by molar-refractivity contribution is 0.284. The second-order valence-electron chi connectivity index (χ2n) is 7.01. The van der Waals surface area contributed by atoms with E-state index in [2.05, 4.69) is 54.7 Å². The number of rotatable bonds is 14. The molecule has 0 aromatic heterocycles. The van der Waals surface area contributed by atoms with Crippen molar-refractivity contribution in [1.82, 2.24) is 5.32 Å². The Kier molecular flexibility index (Phi) is 10.4. The summed E-state index contributed by atoms with van der Waals surface area (Å²) in [5.41, 5.74) is 2.58. The molecule has 0 aliphatic rings. The number of hydrogen-bond acceptors (Lipinski definition) is 3. The van der Waals surface area contributed by atoms with E-state index in [1.807, 2.05) is 6.07 Å². The summed E-state index contributed by atoms with van der Waals surface area (Å²) in [4.78, 5) is 0. The van der Waals surface area contributed by atoms with E-state index in [0.717, 1.165) is 44.0 Å². The Morgan fingerprint density at radius 3 is 2.37 bits per heavy atom. The molecule has 0 spiro atoms. The summed E-state index contributed by atoms with van der Waals surface area (Å²) < 4.78 is 11.4. The predicted molar refractivity (Wildman–Crippen MR) is 114 cm³/mol. The van der Waals surface area contributed by atoms with Crippen molar-refractivity contribution >= 4 is 0 Å². The summed E-state index contributed by atoms with van der Waals surface area (Å²) in [6.45, 7) is 4.80. The van der Waals surface area contributed by atoms with Gasteiger partial charge in [0.15, 0.2) is 11.5 Å². The van der Waals surface area contributed by atoms with Crippen LogP contribution in [0, 0.1) is 0 Å². The standard InChI is InChI=1S/C24H35NO2/c1-3-4-5-6-7-11-18-27-23-15-14-22(19-24(23)26-2)20-25-17-16-21-12-9-8-10-13-21/h8-10,12-15,19,25H,3-7,11,16-18,20H2,1-2H3. The van der Waals surface area contributed by atoms with E-state index in [-0.39, 0.29) is 0 Å². The van der Waals surface area contributed by atoms with Crippen molar-refractivity contribution in [3.05, 3.63) is 59.7 Å². The summed E-state index contributed by atoms with van der Waals surface area (Å²) >= 11 is 0. The van der Waals surface area contributed by atoms with Gasteiger partial charge in [-0.2, -0.15) is 0 Å². The monoisotopic (exact) mass is 369 g/mol. The van der Waals surface area contributed by atoms with E-state index in [1.165, 1.54) is 43.2 Å². The van der Waals surface area contributed by atoms with E-state index < -0.39 is 0 Å². The topological polar surface area (TPSA) is 30.5 Å². The van der Waals surface area contributed by atoms with Crippen LogP contribution in [0.2, 0.25) is 0 Å². The van der Waals surface area contributed by atoms with Crippen molar-refractivity contribution in [2.75, 3.05) is 20.3 Å². The molecule has 2 rings (SSSR count). The first kappa shape index (κ1) is 21.3. The van der Waals surface area contributed by atoms with Crippen molar-refractivity contribution < 1.29 is 9.47 Å². The van der Waals surface area contributed by atoms with Gasteiger partial charge in [0.05, 0.1) is 13.7 Å². The lowest BCUT2D eigenvalue weighted by Crippen LogP contribution is -2.16. The molecule has 3 nitrogen and oxygen atoms in total. The molecule has 0 amide bonds. The molecular formula is C24H35NO2. The van der Waals surface area contributed by atoms with Crippen LogP contribution in [0.4, 0.5) is 0 Å². The minimum atomic E-state index is 0.761. The number of ether oxygens (including phenoxy) is 2. The second-order valence-corrected chi connectivity index (χ2v) is 7.01. The van der Waals surface area contributed by atoms with Gasteiger partial charge in [-0.1, -0.05) is 75.4 Å². The van der Waals surface area contributed by atoms with Gasteiger partial charge < -0.3 is 14.8 Å². The van der Waals surface area contributed by atoms with Gasteiger partial charge >= 0.3 is 0 Å². The molecule has 1 N–H and O–H groups in total. The predicted octanol–water partition coefficient (Wildman–Crippen LogP) is 5.77. The van der Waals surface area contributed by atoms with Crippen molar-refractivity contribution in [2.45, 2.75) is 58.4 Å². The molecule has 0 aliphatic carbocycles. The molecule has 0 atom stereocenters. The Morgan fingerprint density at radius 2 is 1.59 bits per heavy atom. The third-order valence-electron chi connectivity index (χ3n) is 4.75. The number of nitrogens with one attached hydrogen (secondary N) is 1. The Hall–Kier alpha value is -2.00. The lowest BCUT2D eigenvalue weighted by atomic mass is 10.1. The SMILES string of the molecule is CCCCCCCCOc1ccc(CNCCc2ccccc2)cc1OC. The second kappa shape index (κ2) is 13.2. The Morgan fingerprint density at radius 1 is 0.815 bits per heavy atom. The van der Waals surface area contributed by atoms with Gasteiger partial charge in [-0.15, -0.1) is 0 Å². The van der Waals surface area contributed by atoms with Crippen molar-refractivity contribution in [2.24, 2.45) is 0 Å². The molecule has 2 aromatic rings. The average molecular weight is 370 g/mol. The van der Waals surface area contributed by atoms with Crippen LogP contribution in [-0.2, 0) is 13.0 Å². The molecule has 0 fully saturated rings. The lowest BCUT2D eigenvalue weighted by Gasteiger charge is -2.13. The quantitative estimate of drug-likeness (QED) is 0.429. The van der Waals surface area contributed by atoms with Crippen LogP contribution in [0.3, 0.4) is 0 Å². The first-order valence-electron chi connectivity index (χ1n) is 10.4. The van der Waals surface area contributed by atoms with Gasteiger partial charge in [-0.25, -0.2) is 0 Å². The number of methoxy groups -OCH3 is 1. The smallest absolute Gasteiger partial charge is 0.161 e. The third kappa shape index (κ3) is 8.49. The maximum absolute atomic E-state index is 5.93. The van der Waals surface area contributed by atoms with Gasteiger partial charge in [-0.05, 0) is 42.6 Å². The molecule has 27 heavy (non-hydrogen) atoms. The number of benzene rings is 2. The first-order valence-corrected chi connectivity index (χ1v) is 10.4.